The molecule has 4 heterocycles. The van der Waals surface area contributed by atoms with Crippen molar-refractivity contribution in [3.05, 3.63) is 42.1 Å². The molecular formula is C45H68N4O10. The van der Waals surface area contributed by atoms with Gasteiger partial charge in [0.2, 0.25) is 0 Å². The molecule has 2 aromatic rings. The lowest BCUT2D eigenvalue weighted by molar-refractivity contribution is -0.295. The summed E-state index contributed by atoms with van der Waals surface area (Å²) in [7, 11) is 7.21. The Bertz CT molecular complexity index is 1810. The van der Waals surface area contributed by atoms with E-state index >= 15 is 0 Å². The van der Waals surface area contributed by atoms with E-state index in [9.17, 15) is 24.3 Å². The number of hydrogen-bond acceptors (Lipinski definition) is 13. The smallest absolute Gasteiger partial charge is 0.410 e. The molecule has 0 aliphatic carbocycles. The molecule has 14 heteroatoms. The highest BCUT2D eigenvalue weighted by atomic mass is 16.7. The zero-order valence-electron chi connectivity index (χ0n) is 37.2. The van der Waals surface area contributed by atoms with E-state index in [0.717, 1.165) is 16.6 Å². The topological polar surface area (TPSA) is 157 Å². The second-order valence-corrected chi connectivity index (χ2v) is 17.7. The second-order valence-electron chi connectivity index (χ2n) is 17.7. The molecule has 8 unspecified atom stereocenters. The lowest BCUT2D eigenvalue weighted by Crippen LogP contribution is -2.61. The van der Waals surface area contributed by atoms with E-state index in [-0.39, 0.29) is 43.7 Å². The van der Waals surface area contributed by atoms with Crippen molar-refractivity contribution in [2.75, 3.05) is 41.3 Å². The summed E-state index contributed by atoms with van der Waals surface area (Å²) in [5.74, 6) is -4.96. The monoisotopic (exact) mass is 824 g/mol. The van der Waals surface area contributed by atoms with Gasteiger partial charge in [-0.25, -0.2) is 4.79 Å². The van der Waals surface area contributed by atoms with Crippen LogP contribution in [0.4, 0.5) is 4.79 Å². The van der Waals surface area contributed by atoms with Crippen LogP contribution in [0.25, 0.3) is 10.9 Å². The fraction of sp³-hybridized carbons (Fsp3) is 0.711. The molecule has 3 aliphatic rings. The van der Waals surface area contributed by atoms with Gasteiger partial charge in [-0.3, -0.25) is 29.2 Å². The Hall–Kier alpha value is -3.53. The number of Topliss-reactive ketones (excluding diaryl/α,β-unsaturated/α-hetero) is 2. The number of rotatable bonds is 11. The zero-order valence-corrected chi connectivity index (χ0v) is 37.2. The Balaban J connectivity index is 1.49. The summed E-state index contributed by atoms with van der Waals surface area (Å²) in [6.45, 7) is 15.4. The van der Waals surface area contributed by atoms with Crippen LogP contribution in [0.15, 0.2) is 36.4 Å². The van der Waals surface area contributed by atoms with Crippen LogP contribution in [0.5, 0.6) is 0 Å². The standard InChI is InChI=1S/C45H68N4O10/c1-13-35-45(14-2)39(49(43(54)59-45)22-21-48(11)25-32-20-19-31-17-15-16-18-33(31)46-32)28(5)36(50)26(3)24-44(8,55-12)40(29(6)37(51)30(7)41(53)57-35)58-42-38(52)34(47(9)10)23-27(4)56-42/h15-20,26-30,34-35,38-40,42,52H,13-14,21-25H2,1-12H3/t26?,27?,28?,29?,30?,34?,35?,38-,39-,40-,42?,44+,45-/m1/s1. The van der Waals surface area contributed by atoms with Crippen LogP contribution in [0, 0.1) is 23.7 Å². The molecule has 1 amide bonds. The number of esters is 1. The highest BCUT2D eigenvalue weighted by Crippen LogP contribution is 2.44. The third kappa shape index (κ3) is 9.53. The maximum absolute atomic E-state index is 14.9. The number of amides is 1. The van der Waals surface area contributed by atoms with E-state index in [1.165, 1.54) is 14.0 Å². The van der Waals surface area contributed by atoms with E-state index in [1.807, 2.05) is 97.1 Å². The number of methoxy groups -OCH3 is 1. The molecule has 59 heavy (non-hydrogen) atoms. The molecule has 1 aromatic heterocycles. The first-order valence-electron chi connectivity index (χ1n) is 21.3. The maximum Gasteiger partial charge on any atom is 0.410 e. The Morgan fingerprint density at radius 3 is 2.31 bits per heavy atom. The van der Waals surface area contributed by atoms with Gasteiger partial charge in [0.05, 0.1) is 35.1 Å². The minimum atomic E-state index is -1.38. The second kappa shape index (κ2) is 19.0. The molecule has 5 rings (SSSR count). The summed E-state index contributed by atoms with van der Waals surface area (Å²) in [5.41, 5.74) is -0.873. The number of pyridine rings is 1. The number of hydrogen-bond donors (Lipinski definition) is 1. The van der Waals surface area contributed by atoms with Crippen LogP contribution >= 0.6 is 0 Å². The van der Waals surface area contributed by atoms with Gasteiger partial charge in [0.1, 0.15) is 23.9 Å². The third-order valence-corrected chi connectivity index (χ3v) is 13.3. The van der Waals surface area contributed by atoms with Crippen LogP contribution in [-0.2, 0) is 44.6 Å². The van der Waals surface area contributed by atoms with Crippen LogP contribution < -0.4 is 0 Å². The van der Waals surface area contributed by atoms with Gasteiger partial charge >= 0.3 is 12.1 Å². The van der Waals surface area contributed by atoms with Crippen molar-refractivity contribution >= 4 is 34.5 Å². The molecular weight excluding hydrogens is 757 g/mol. The first-order chi connectivity index (χ1) is 27.8. The van der Waals surface area contributed by atoms with Gasteiger partial charge in [-0.05, 0) is 79.7 Å². The summed E-state index contributed by atoms with van der Waals surface area (Å²) < 4.78 is 31.6. The first kappa shape index (κ1) is 46.5. The van der Waals surface area contributed by atoms with Gasteiger partial charge in [0, 0.05) is 55.9 Å². The van der Waals surface area contributed by atoms with Gasteiger partial charge < -0.3 is 33.7 Å². The number of benzene rings is 1. The number of fused-ring (bicyclic) bond motifs is 2. The van der Waals surface area contributed by atoms with Crippen molar-refractivity contribution in [2.45, 2.75) is 142 Å². The normalized spacial score (nSPS) is 36.5. The number of para-hydroxylation sites is 1. The maximum atomic E-state index is 14.9. The predicted molar refractivity (Wildman–Crippen MR) is 222 cm³/mol. The molecule has 0 spiro atoms. The zero-order chi connectivity index (χ0) is 43.6. The Morgan fingerprint density at radius 1 is 0.966 bits per heavy atom. The summed E-state index contributed by atoms with van der Waals surface area (Å²) in [6.07, 6.45) is -3.80. The van der Waals surface area contributed by atoms with Gasteiger partial charge in [0.15, 0.2) is 17.7 Å². The van der Waals surface area contributed by atoms with E-state index in [1.54, 1.807) is 18.7 Å². The molecule has 1 aromatic carbocycles. The molecule has 13 atom stereocenters. The van der Waals surface area contributed by atoms with Gasteiger partial charge in [-0.1, -0.05) is 58.9 Å². The molecule has 0 bridgehead atoms. The molecule has 3 fully saturated rings. The fourth-order valence-electron chi connectivity index (χ4n) is 9.83. The Kier molecular flexibility index (Phi) is 15.0. The summed E-state index contributed by atoms with van der Waals surface area (Å²) >= 11 is 0. The number of aliphatic hydroxyl groups is 1. The predicted octanol–water partition coefficient (Wildman–Crippen LogP) is 5.26. The number of aliphatic hydroxyl groups excluding tert-OH is 1. The average molecular weight is 825 g/mol. The van der Waals surface area contributed by atoms with Crippen LogP contribution in [-0.4, -0.2) is 144 Å². The van der Waals surface area contributed by atoms with Crippen molar-refractivity contribution in [1.29, 1.82) is 0 Å². The Morgan fingerprint density at radius 2 is 1.66 bits per heavy atom. The largest absolute Gasteiger partial charge is 0.457 e. The molecule has 0 saturated carbocycles. The number of carbonyl (C=O) groups excluding carboxylic acids is 4. The molecule has 3 aliphatic heterocycles. The number of nitrogens with zero attached hydrogens (tertiary/aromatic N) is 4. The lowest BCUT2D eigenvalue weighted by Gasteiger charge is -2.47. The number of cyclic esters (lactones) is 1. The number of aromatic nitrogens is 1. The molecule has 14 nitrogen and oxygen atoms in total. The minimum absolute atomic E-state index is 0.128. The molecule has 3 saturated heterocycles. The van der Waals surface area contributed by atoms with E-state index in [4.69, 9.17) is 28.7 Å². The van der Waals surface area contributed by atoms with E-state index < -0.39 is 83.4 Å². The summed E-state index contributed by atoms with van der Waals surface area (Å²) in [6, 6.07) is 10.9. The van der Waals surface area contributed by atoms with Crippen molar-refractivity contribution < 1.29 is 48.0 Å². The van der Waals surface area contributed by atoms with Crippen molar-refractivity contribution in [3.8, 4) is 0 Å². The fourth-order valence-corrected chi connectivity index (χ4v) is 9.83. The lowest BCUT2D eigenvalue weighted by atomic mass is 9.72. The van der Waals surface area contributed by atoms with Crippen LogP contribution in [0.1, 0.15) is 86.8 Å². The molecule has 1 N–H and O–H groups in total. The molecule has 328 valence electrons. The Labute approximate surface area is 350 Å². The first-order valence-corrected chi connectivity index (χ1v) is 21.3. The highest BCUT2D eigenvalue weighted by molar-refractivity contribution is 6.00. The minimum Gasteiger partial charge on any atom is -0.457 e. The quantitative estimate of drug-likeness (QED) is 0.232. The summed E-state index contributed by atoms with van der Waals surface area (Å²) in [4.78, 5) is 67.9. The van der Waals surface area contributed by atoms with Crippen molar-refractivity contribution in [1.82, 2.24) is 19.7 Å². The van der Waals surface area contributed by atoms with Gasteiger partial charge in [-0.15, -0.1) is 0 Å². The number of likely N-dealkylation sites (N-methyl/N-ethyl adjacent to an activating group) is 2. The molecule has 0 radical (unpaired) electrons. The van der Waals surface area contributed by atoms with Crippen molar-refractivity contribution in [2.24, 2.45) is 23.7 Å². The number of carbonyl (C=O) groups is 4. The van der Waals surface area contributed by atoms with Crippen LogP contribution in [0.2, 0.25) is 0 Å². The average Bonchev–Trinajstić information content (AvgIpc) is 3.51. The van der Waals surface area contributed by atoms with E-state index in [2.05, 4.69) is 4.90 Å². The van der Waals surface area contributed by atoms with Crippen LogP contribution in [0.3, 0.4) is 0 Å². The van der Waals surface area contributed by atoms with Crippen molar-refractivity contribution in [3.63, 3.8) is 0 Å². The van der Waals surface area contributed by atoms with Gasteiger partial charge in [-0.2, -0.15) is 0 Å². The van der Waals surface area contributed by atoms with Gasteiger partial charge in [0.25, 0.3) is 0 Å². The highest BCUT2D eigenvalue weighted by Gasteiger charge is 2.62. The van der Waals surface area contributed by atoms with E-state index in [0.29, 0.717) is 19.5 Å². The SMILES string of the molecule is CCC1OC(=O)C(C)C(=O)C(C)[C@@H](OC2OC(C)CC(N(C)C)[C@H]2O)[C@@](C)(OC)CC(C)C(=O)C(C)[C@H]2N(CCN(C)Cc3ccc4ccccc4n3)C(=O)O[C@]12CC. The summed E-state index contributed by atoms with van der Waals surface area (Å²) in [5, 5.41) is 12.5. The number of ether oxygens (including phenoxy) is 5. The third-order valence-electron chi connectivity index (χ3n) is 13.3. The number of ketones is 2.